The summed E-state index contributed by atoms with van der Waals surface area (Å²) >= 11 is 0. The molecule has 0 bridgehead atoms. The van der Waals surface area contributed by atoms with E-state index in [-0.39, 0.29) is 24.3 Å². The quantitative estimate of drug-likeness (QED) is 0.278. The first kappa shape index (κ1) is 32.1. The number of nitrogens with one attached hydrogen (secondary N) is 3. The molecule has 1 aliphatic rings. The Balaban J connectivity index is 1.67. The highest BCUT2D eigenvalue weighted by molar-refractivity contribution is 5.91. The van der Waals surface area contributed by atoms with Crippen molar-refractivity contribution in [1.82, 2.24) is 40.3 Å². The minimum absolute atomic E-state index is 0.0625. The Hall–Kier alpha value is -3.86. The number of aromatic amines is 1. The summed E-state index contributed by atoms with van der Waals surface area (Å²) in [6, 6.07) is 1.73. The summed E-state index contributed by atoms with van der Waals surface area (Å²) in [5, 5.41) is 8.82. The van der Waals surface area contributed by atoms with Crippen LogP contribution < -0.4 is 10.6 Å². The van der Waals surface area contributed by atoms with Gasteiger partial charge in [-0.05, 0) is 45.4 Å². The molecule has 0 spiro atoms. The van der Waals surface area contributed by atoms with Crippen molar-refractivity contribution < 1.29 is 41.0 Å². The number of methoxy groups -OCH3 is 1. The van der Waals surface area contributed by atoms with E-state index in [0.717, 1.165) is 18.7 Å². The highest BCUT2D eigenvalue weighted by Crippen LogP contribution is 2.34. The number of rotatable bonds is 11. The second-order valence-corrected chi connectivity index (χ2v) is 11.0. The van der Waals surface area contributed by atoms with E-state index in [2.05, 4.69) is 30.7 Å². The van der Waals surface area contributed by atoms with Crippen LogP contribution in [0.15, 0.2) is 24.5 Å². The normalized spacial score (nSPS) is 17.3. The summed E-state index contributed by atoms with van der Waals surface area (Å²) in [5.41, 5.74) is -1.37. The average Bonchev–Trinajstić information content (AvgIpc) is 3.58. The number of nitrogens with zero attached hydrogens (tertiary/aromatic N) is 5. The fraction of sp³-hybridized carbons (Fsp3) is 0.577. The van der Waals surface area contributed by atoms with Crippen molar-refractivity contribution in [2.45, 2.75) is 63.5 Å². The van der Waals surface area contributed by atoms with Gasteiger partial charge in [0.15, 0.2) is 5.60 Å². The average molecular weight is 617 g/mol. The molecule has 0 aliphatic carbocycles. The topological polar surface area (TPSA) is 139 Å². The second kappa shape index (κ2) is 12.0. The Morgan fingerprint density at radius 3 is 2.58 bits per heavy atom. The minimum atomic E-state index is -4.70. The van der Waals surface area contributed by atoms with Gasteiger partial charge in [-0.1, -0.05) is 6.07 Å². The van der Waals surface area contributed by atoms with Crippen molar-refractivity contribution in [2.24, 2.45) is 0 Å². The third-order valence-corrected chi connectivity index (χ3v) is 6.96. The number of aromatic nitrogens is 5. The van der Waals surface area contributed by atoms with Crippen molar-refractivity contribution in [3.63, 3.8) is 0 Å². The standard InChI is InChI=1S/C26H33F5N8O4/c1-14(2)39-21(33-13-34-39)22(40)37-18(9-43-24(3,4)26(29,30)31)20-35-16-7-6-15(8-17(16)36-20)19(10-42-5)38-12-25(27,28)11-32-23(38)41/h6-8,13-14,18-19H,9-12H2,1-5H3,(H,32,41)(H,35,36)(H,37,40)/t18?,19-/m1/s1. The number of hydrogen-bond acceptors (Lipinski definition) is 7. The zero-order chi connectivity index (χ0) is 31.7. The number of fused-ring (bicyclic) bond motifs is 1. The van der Waals surface area contributed by atoms with Crippen LogP contribution in [0.5, 0.6) is 0 Å². The number of H-pyrrole nitrogens is 1. The van der Waals surface area contributed by atoms with E-state index in [1.807, 2.05) is 0 Å². The van der Waals surface area contributed by atoms with Crippen LogP contribution in [0.2, 0.25) is 0 Å². The molecule has 3 aromatic rings. The Morgan fingerprint density at radius 2 is 1.93 bits per heavy atom. The number of carbonyl (C=O) groups is 2. The smallest absolute Gasteiger partial charge is 0.382 e. The highest BCUT2D eigenvalue weighted by atomic mass is 19.4. The summed E-state index contributed by atoms with van der Waals surface area (Å²) in [4.78, 5) is 38.0. The fourth-order valence-electron chi connectivity index (χ4n) is 4.45. The van der Waals surface area contributed by atoms with Gasteiger partial charge in [-0.15, -0.1) is 0 Å². The molecule has 0 radical (unpaired) electrons. The molecule has 12 nitrogen and oxygen atoms in total. The fourth-order valence-corrected chi connectivity index (χ4v) is 4.45. The molecule has 2 atom stereocenters. The molecule has 3 N–H and O–H groups in total. The first-order valence-corrected chi connectivity index (χ1v) is 13.3. The van der Waals surface area contributed by atoms with E-state index < -0.39 is 61.4 Å². The zero-order valence-electron chi connectivity index (χ0n) is 24.1. The van der Waals surface area contributed by atoms with Crippen LogP contribution in [-0.4, -0.2) is 92.7 Å². The first-order valence-electron chi connectivity index (χ1n) is 13.3. The number of hydrogen-bond donors (Lipinski definition) is 3. The van der Waals surface area contributed by atoms with E-state index in [4.69, 9.17) is 9.47 Å². The maximum Gasteiger partial charge on any atom is 0.416 e. The van der Waals surface area contributed by atoms with Crippen molar-refractivity contribution in [1.29, 1.82) is 0 Å². The van der Waals surface area contributed by atoms with Crippen LogP contribution in [0.25, 0.3) is 11.0 Å². The van der Waals surface area contributed by atoms with Gasteiger partial charge < -0.3 is 30.0 Å². The van der Waals surface area contributed by atoms with Crippen LogP contribution in [0.1, 0.15) is 67.8 Å². The predicted molar refractivity (Wildman–Crippen MR) is 142 cm³/mol. The van der Waals surface area contributed by atoms with Gasteiger partial charge in [0.25, 0.3) is 11.8 Å². The summed E-state index contributed by atoms with van der Waals surface area (Å²) in [5.74, 6) is -3.87. The van der Waals surface area contributed by atoms with Crippen molar-refractivity contribution >= 4 is 23.0 Å². The minimum Gasteiger partial charge on any atom is -0.382 e. The number of ether oxygens (including phenoxy) is 2. The number of urea groups is 1. The van der Waals surface area contributed by atoms with Gasteiger partial charge in [0, 0.05) is 13.2 Å². The molecule has 2 aromatic heterocycles. The molecule has 1 fully saturated rings. The van der Waals surface area contributed by atoms with Crippen molar-refractivity contribution in [3.8, 4) is 0 Å². The summed E-state index contributed by atoms with van der Waals surface area (Å²) in [6.07, 6.45) is -3.51. The van der Waals surface area contributed by atoms with Gasteiger partial charge in [-0.2, -0.15) is 18.3 Å². The lowest BCUT2D eigenvalue weighted by Gasteiger charge is -2.38. The van der Waals surface area contributed by atoms with Crippen LogP contribution in [0.4, 0.5) is 26.7 Å². The van der Waals surface area contributed by atoms with Gasteiger partial charge in [0.2, 0.25) is 5.82 Å². The Labute approximate surface area is 243 Å². The van der Waals surface area contributed by atoms with E-state index in [1.54, 1.807) is 32.0 Å². The summed E-state index contributed by atoms with van der Waals surface area (Å²) in [7, 11) is 1.37. The van der Waals surface area contributed by atoms with Crippen molar-refractivity contribution in [3.05, 3.63) is 41.7 Å². The Kier molecular flexibility index (Phi) is 8.97. The predicted octanol–water partition coefficient (Wildman–Crippen LogP) is 3.91. The molecule has 3 heterocycles. The molecule has 1 unspecified atom stereocenters. The second-order valence-electron chi connectivity index (χ2n) is 11.0. The lowest BCUT2D eigenvalue weighted by Crippen LogP contribution is -2.58. The molecule has 236 valence electrons. The van der Waals surface area contributed by atoms with Gasteiger partial charge >= 0.3 is 12.2 Å². The molecule has 0 saturated carbocycles. The monoisotopic (exact) mass is 616 g/mol. The molecule has 3 amide bonds. The van der Waals surface area contributed by atoms with Crippen LogP contribution in [0.3, 0.4) is 0 Å². The number of amides is 3. The first-order chi connectivity index (χ1) is 20.0. The van der Waals surface area contributed by atoms with Gasteiger partial charge in [-0.3, -0.25) is 4.79 Å². The molecule has 17 heteroatoms. The number of benzene rings is 1. The third-order valence-electron chi connectivity index (χ3n) is 6.96. The molecule has 1 aromatic carbocycles. The molecule has 43 heavy (non-hydrogen) atoms. The largest absolute Gasteiger partial charge is 0.416 e. The number of imidazole rings is 1. The lowest BCUT2D eigenvalue weighted by atomic mass is 10.0. The van der Waals surface area contributed by atoms with Gasteiger partial charge in [0.05, 0.1) is 43.4 Å². The lowest BCUT2D eigenvalue weighted by molar-refractivity contribution is -0.265. The molecule has 4 rings (SSSR count). The number of alkyl halides is 5. The maximum absolute atomic E-state index is 14.2. The van der Waals surface area contributed by atoms with E-state index in [9.17, 15) is 31.5 Å². The highest BCUT2D eigenvalue weighted by Gasteiger charge is 2.49. The van der Waals surface area contributed by atoms with E-state index in [1.165, 1.54) is 18.1 Å². The van der Waals surface area contributed by atoms with E-state index >= 15 is 0 Å². The zero-order valence-corrected chi connectivity index (χ0v) is 24.1. The number of carbonyl (C=O) groups excluding carboxylic acids is 2. The third kappa shape index (κ3) is 7.04. The van der Waals surface area contributed by atoms with Crippen LogP contribution in [0, 0.1) is 0 Å². The van der Waals surface area contributed by atoms with Crippen LogP contribution >= 0.6 is 0 Å². The maximum atomic E-state index is 14.2. The Bertz CT molecular complexity index is 1450. The molecular formula is C26H33F5N8O4. The summed E-state index contributed by atoms with van der Waals surface area (Å²) in [6.45, 7) is 2.98. The molecular weight excluding hydrogens is 583 g/mol. The SMILES string of the molecule is COC[C@H](c1ccc2nc(C(COC(C)(C)C(F)(F)F)NC(=O)c3ncnn3C(C)C)[nH]c2c1)N1CC(F)(F)CNC1=O. The Morgan fingerprint density at radius 1 is 1.21 bits per heavy atom. The van der Waals surface area contributed by atoms with Crippen molar-refractivity contribution in [2.75, 3.05) is 33.4 Å². The van der Waals surface area contributed by atoms with Gasteiger partial charge in [0.1, 0.15) is 18.2 Å². The van der Waals surface area contributed by atoms with E-state index in [0.29, 0.717) is 16.6 Å². The number of halogens is 5. The van der Waals surface area contributed by atoms with Gasteiger partial charge in [-0.25, -0.2) is 28.2 Å². The molecule has 1 saturated heterocycles. The van der Waals surface area contributed by atoms with Crippen LogP contribution in [-0.2, 0) is 9.47 Å². The molecule has 1 aliphatic heterocycles. The summed E-state index contributed by atoms with van der Waals surface area (Å²) < 4.78 is 80.7.